The van der Waals surface area contributed by atoms with Gasteiger partial charge >= 0.3 is 18.1 Å². The highest BCUT2D eigenvalue weighted by molar-refractivity contribution is 6.11. The molecule has 2 aliphatic rings. The van der Waals surface area contributed by atoms with Gasteiger partial charge in [0.2, 0.25) is 0 Å². The minimum atomic E-state index is -1.25. The van der Waals surface area contributed by atoms with E-state index in [0.29, 0.717) is 49.2 Å². The second-order valence-electron chi connectivity index (χ2n) is 11.1. The first-order chi connectivity index (χ1) is 19.3. The number of carboxylic acids is 1. The number of piperidine rings is 1. The first-order valence-corrected chi connectivity index (χ1v) is 13.2. The average Bonchev–Trinajstić information content (AvgIpc) is 3.12. The molecule has 41 heavy (non-hydrogen) atoms. The van der Waals surface area contributed by atoms with Crippen LogP contribution in [-0.4, -0.2) is 81.3 Å². The van der Waals surface area contributed by atoms with Crippen LogP contribution in [0.5, 0.6) is 0 Å². The second kappa shape index (κ2) is 11.5. The zero-order valence-electron chi connectivity index (χ0n) is 23.2. The number of carboxylic acid groups (broad SMARTS) is 1. The first-order valence-electron chi connectivity index (χ1n) is 13.2. The number of amidine groups is 1. The third kappa shape index (κ3) is 6.77. The van der Waals surface area contributed by atoms with Gasteiger partial charge in [-0.3, -0.25) is 34.9 Å². The number of hydrogen-bond acceptors (Lipinski definition) is 8. The lowest BCUT2D eigenvalue weighted by atomic mass is 9.87. The molecule has 1 spiro atoms. The van der Waals surface area contributed by atoms with Crippen LogP contribution in [0.4, 0.5) is 9.59 Å². The summed E-state index contributed by atoms with van der Waals surface area (Å²) in [4.78, 5) is 64.3. The van der Waals surface area contributed by atoms with Crippen molar-refractivity contribution in [3.05, 3.63) is 70.8 Å². The minimum Gasteiger partial charge on any atom is -0.480 e. The van der Waals surface area contributed by atoms with Gasteiger partial charge in [0.25, 0.3) is 5.91 Å². The number of likely N-dealkylation sites (tertiary alicyclic amines) is 1. The quantitative estimate of drug-likeness (QED) is 0.172. The summed E-state index contributed by atoms with van der Waals surface area (Å²) in [6, 6.07) is 12.9. The van der Waals surface area contributed by atoms with E-state index in [1.807, 2.05) is 12.1 Å². The van der Waals surface area contributed by atoms with E-state index in [1.165, 1.54) is 0 Å². The third-order valence-corrected chi connectivity index (χ3v) is 6.97. The Balaban J connectivity index is 1.40. The molecule has 2 saturated heterocycles. The van der Waals surface area contributed by atoms with Gasteiger partial charge < -0.3 is 15.2 Å². The number of nitrogens with one attached hydrogen (secondary N) is 3. The van der Waals surface area contributed by atoms with Crippen molar-refractivity contribution in [3.63, 3.8) is 0 Å². The molecule has 0 saturated carbocycles. The first kappa shape index (κ1) is 29.4. The lowest BCUT2D eigenvalue weighted by molar-refractivity contribution is -0.143. The zero-order valence-corrected chi connectivity index (χ0v) is 23.2. The smallest absolute Gasteiger partial charge is 0.413 e. The van der Waals surface area contributed by atoms with Crippen LogP contribution in [0.25, 0.3) is 0 Å². The lowest BCUT2D eigenvalue weighted by Gasteiger charge is -2.37. The highest BCUT2D eigenvalue weighted by atomic mass is 16.6. The van der Waals surface area contributed by atoms with E-state index in [-0.39, 0.29) is 11.6 Å². The Kier molecular flexibility index (Phi) is 8.24. The largest absolute Gasteiger partial charge is 0.480 e. The number of hydrogen-bond donors (Lipinski definition) is 4. The molecule has 2 heterocycles. The summed E-state index contributed by atoms with van der Waals surface area (Å²) in [7, 11) is 0. The van der Waals surface area contributed by atoms with Gasteiger partial charge in [-0.25, -0.2) is 9.59 Å². The Morgan fingerprint density at radius 1 is 1.02 bits per heavy atom. The van der Waals surface area contributed by atoms with Crippen LogP contribution in [0.3, 0.4) is 0 Å². The summed E-state index contributed by atoms with van der Waals surface area (Å²) in [6.45, 7) is 5.89. The monoisotopic (exact) mass is 563 g/mol. The molecule has 2 fully saturated rings. The predicted molar refractivity (Wildman–Crippen MR) is 148 cm³/mol. The van der Waals surface area contributed by atoms with Crippen LogP contribution in [-0.2, 0) is 20.9 Å². The van der Waals surface area contributed by atoms with E-state index in [4.69, 9.17) is 15.3 Å². The molecule has 12 nitrogen and oxygen atoms in total. The average molecular weight is 564 g/mol. The fraction of sp³-hybridized carbons (Fsp3) is 0.379. The number of alkyl carbamates (subject to hydrolysis) is 1. The second-order valence-corrected chi connectivity index (χ2v) is 11.1. The standard InChI is InChI=1S/C29H33N5O7/c1-28(2,3)41-27(40)31-24(30)19-10-8-18(9-11-19)23(37)21-7-5-4-6-20(21)16-33-14-12-29(13-15-33)25(38)34(17-22(35)36)26(39)32-29/h4-11H,12-17H2,1-3H3,(H,32,39)(H,35,36)(H2,30,31,40). The number of carbonyl (C=O) groups excluding carboxylic acids is 4. The van der Waals surface area contributed by atoms with Crippen LogP contribution < -0.4 is 10.6 Å². The van der Waals surface area contributed by atoms with Crippen LogP contribution in [0.15, 0.2) is 48.5 Å². The molecule has 0 radical (unpaired) electrons. The number of aliphatic carboxylic acids is 1. The van der Waals surface area contributed by atoms with E-state index < -0.39 is 41.7 Å². The van der Waals surface area contributed by atoms with Crippen molar-refractivity contribution in [2.45, 2.75) is 51.3 Å². The number of rotatable bonds is 7. The van der Waals surface area contributed by atoms with E-state index in [1.54, 1.807) is 57.2 Å². The van der Waals surface area contributed by atoms with Crippen LogP contribution in [0.1, 0.15) is 60.7 Å². The molecule has 2 aromatic rings. The Morgan fingerprint density at radius 2 is 1.63 bits per heavy atom. The lowest BCUT2D eigenvalue weighted by Crippen LogP contribution is -2.54. The molecule has 2 aliphatic heterocycles. The van der Waals surface area contributed by atoms with Crippen molar-refractivity contribution in [2.75, 3.05) is 19.6 Å². The number of ether oxygens (including phenoxy) is 1. The van der Waals surface area contributed by atoms with Crippen molar-refractivity contribution < 1.29 is 33.8 Å². The zero-order chi connectivity index (χ0) is 29.9. The van der Waals surface area contributed by atoms with Gasteiger partial charge in [-0.1, -0.05) is 48.5 Å². The third-order valence-electron chi connectivity index (χ3n) is 6.97. The number of nitrogens with zero attached hydrogens (tertiary/aromatic N) is 2. The van der Waals surface area contributed by atoms with E-state index in [0.717, 1.165) is 10.5 Å². The van der Waals surface area contributed by atoms with Gasteiger partial charge in [0.15, 0.2) is 5.78 Å². The predicted octanol–water partition coefficient (Wildman–Crippen LogP) is 2.74. The number of imide groups is 1. The number of amides is 4. The Hall–Kier alpha value is -4.58. The van der Waals surface area contributed by atoms with Crippen LogP contribution in [0, 0.1) is 5.41 Å². The Bertz CT molecular complexity index is 1390. The number of urea groups is 1. The highest BCUT2D eigenvalue weighted by Gasteiger charge is 2.52. The molecule has 4 amide bonds. The molecule has 4 N–H and O–H groups in total. The van der Waals surface area contributed by atoms with E-state index in [2.05, 4.69) is 15.5 Å². The summed E-state index contributed by atoms with van der Waals surface area (Å²) in [5.74, 6) is -2.12. The highest BCUT2D eigenvalue weighted by Crippen LogP contribution is 2.30. The normalized spacial score (nSPS) is 16.8. The summed E-state index contributed by atoms with van der Waals surface area (Å²) in [5, 5.41) is 22.2. The molecule has 0 unspecified atom stereocenters. The molecule has 0 atom stereocenters. The van der Waals surface area contributed by atoms with Crippen molar-refractivity contribution in [2.24, 2.45) is 0 Å². The summed E-state index contributed by atoms with van der Waals surface area (Å²) in [6.07, 6.45) is -0.0826. The maximum atomic E-state index is 13.4. The van der Waals surface area contributed by atoms with Crippen LogP contribution >= 0.6 is 0 Å². The van der Waals surface area contributed by atoms with E-state index in [9.17, 15) is 24.0 Å². The van der Waals surface area contributed by atoms with Crippen molar-refractivity contribution in [1.82, 2.24) is 20.4 Å². The topological polar surface area (TPSA) is 169 Å². The summed E-state index contributed by atoms with van der Waals surface area (Å²) >= 11 is 0. The van der Waals surface area contributed by atoms with Crippen molar-refractivity contribution in [1.29, 1.82) is 5.41 Å². The van der Waals surface area contributed by atoms with Crippen molar-refractivity contribution in [3.8, 4) is 0 Å². The molecular weight excluding hydrogens is 530 g/mol. The number of benzene rings is 2. The van der Waals surface area contributed by atoms with Gasteiger partial charge in [-0.15, -0.1) is 0 Å². The van der Waals surface area contributed by atoms with Crippen LogP contribution in [0.2, 0.25) is 0 Å². The van der Waals surface area contributed by atoms with E-state index >= 15 is 0 Å². The molecule has 4 rings (SSSR count). The summed E-state index contributed by atoms with van der Waals surface area (Å²) in [5.41, 5.74) is 0.342. The minimum absolute atomic E-state index is 0.149. The van der Waals surface area contributed by atoms with Gasteiger partial charge in [-0.2, -0.15) is 0 Å². The SMILES string of the molecule is CC(C)(C)OC(=O)NC(=N)c1ccc(C(=O)c2ccccc2CN2CCC3(CC2)NC(=O)N(CC(=O)O)C3=O)cc1. The van der Waals surface area contributed by atoms with Crippen molar-refractivity contribution >= 4 is 35.6 Å². The molecule has 2 aromatic carbocycles. The fourth-order valence-corrected chi connectivity index (χ4v) is 4.93. The van der Waals surface area contributed by atoms with Gasteiger partial charge in [0.05, 0.1) is 0 Å². The molecular formula is C29H33N5O7. The van der Waals surface area contributed by atoms with Gasteiger partial charge in [0, 0.05) is 36.3 Å². The Morgan fingerprint density at radius 3 is 2.24 bits per heavy atom. The number of carbonyl (C=O) groups is 5. The molecule has 12 heteroatoms. The van der Waals surface area contributed by atoms with Gasteiger partial charge in [-0.05, 0) is 39.2 Å². The maximum absolute atomic E-state index is 13.4. The number of ketones is 1. The maximum Gasteiger partial charge on any atom is 0.413 e. The molecule has 0 aromatic heterocycles. The van der Waals surface area contributed by atoms with Gasteiger partial charge in [0.1, 0.15) is 23.5 Å². The Labute approximate surface area is 237 Å². The molecule has 216 valence electrons. The molecule has 0 bridgehead atoms. The summed E-state index contributed by atoms with van der Waals surface area (Å²) < 4.78 is 5.17. The molecule has 0 aliphatic carbocycles. The fourth-order valence-electron chi connectivity index (χ4n) is 4.93.